The molecule has 2 N–H and O–H groups in total. The van der Waals surface area contributed by atoms with Crippen molar-refractivity contribution in [2.45, 2.75) is 13.8 Å². The average Bonchev–Trinajstić information content (AvgIpc) is 3.27. The van der Waals surface area contributed by atoms with E-state index in [1.165, 1.54) is 4.68 Å². The van der Waals surface area contributed by atoms with E-state index in [4.69, 9.17) is 5.73 Å². The molecule has 4 aromatic rings. The van der Waals surface area contributed by atoms with Gasteiger partial charge in [0.15, 0.2) is 0 Å². The SMILES string of the molecule is CC(=NN=Cc1cccc2ccccc12)c1nnn(-c2nonc2N)c1C. The molecular weight excluding hydrogens is 344 g/mol. The third kappa shape index (κ3) is 3.06. The molecule has 0 radical (unpaired) electrons. The molecule has 0 atom stereocenters. The molecule has 0 saturated carbocycles. The van der Waals surface area contributed by atoms with E-state index < -0.39 is 0 Å². The van der Waals surface area contributed by atoms with Gasteiger partial charge in [-0.1, -0.05) is 47.7 Å². The van der Waals surface area contributed by atoms with Gasteiger partial charge in [0.25, 0.3) is 0 Å². The quantitative estimate of drug-likeness (QED) is 0.441. The lowest BCUT2D eigenvalue weighted by Gasteiger charge is -2.00. The molecule has 0 aliphatic carbocycles. The number of benzene rings is 2. The van der Waals surface area contributed by atoms with Gasteiger partial charge in [-0.3, -0.25) is 0 Å². The average molecular weight is 360 g/mol. The minimum absolute atomic E-state index is 0.137. The Labute approximate surface area is 154 Å². The van der Waals surface area contributed by atoms with Crippen LogP contribution in [0.25, 0.3) is 16.6 Å². The first-order chi connectivity index (χ1) is 13.1. The topological polar surface area (TPSA) is 120 Å². The van der Waals surface area contributed by atoms with E-state index in [-0.39, 0.29) is 5.82 Å². The molecule has 0 aliphatic heterocycles. The highest BCUT2D eigenvalue weighted by Gasteiger charge is 2.17. The van der Waals surface area contributed by atoms with Gasteiger partial charge in [-0.2, -0.15) is 14.9 Å². The lowest BCUT2D eigenvalue weighted by Crippen LogP contribution is -2.04. The van der Waals surface area contributed by atoms with Crippen molar-refractivity contribution in [3.05, 3.63) is 59.4 Å². The number of fused-ring (bicyclic) bond motifs is 1. The third-order valence-electron chi connectivity index (χ3n) is 4.16. The van der Waals surface area contributed by atoms with Crippen LogP contribution in [-0.2, 0) is 0 Å². The third-order valence-corrected chi connectivity index (χ3v) is 4.16. The zero-order valence-corrected chi connectivity index (χ0v) is 14.7. The second-order valence-electron chi connectivity index (χ2n) is 5.91. The minimum atomic E-state index is 0.137. The fourth-order valence-corrected chi connectivity index (χ4v) is 2.79. The predicted molar refractivity (Wildman–Crippen MR) is 102 cm³/mol. The highest BCUT2D eigenvalue weighted by Crippen LogP contribution is 2.17. The summed E-state index contributed by atoms with van der Waals surface area (Å²) in [6.45, 7) is 3.64. The zero-order valence-electron chi connectivity index (χ0n) is 14.7. The Morgan fingerprint density at radius 1 is 1.15 bits per heavy atom. The Kier molecular flexibility index (Phi) is 4.17. The summed E-state index contributed by atoms with van der Waals surface area (Å²) in [5.74, 6) is 0.427. The molecular formula is C18H16N8O. The number of hydrogen-bond acceptors (Lipinski definition) is 8. The van der Waals surface area contributed by atoms with Gasteiger partial charge in [0.05, 0.1) is 17.6 Å². The van der Waals surface area contributed by atoms with Crippen molar-refractivity contribution in [3.8, 4) is 5.82 Å². The van der Waals surface area contributed by atoms with Crippen LogP contribution in [0.15, 0.2) is 57.3 Å². The largest absolute Gasteiger partial charge is 0.378 e. The Morgan fingerprint density at radius 2 is 1.96 bits per heavy atom. The number of aromatic nitrogens is 5. The first kappa shape index (κ1) is 16.6. The lowest BCUT2D eigenvalue weighted by molar-refractivity contribution is 0.306. The summed E-state index contributed by atoms with van der Waals surface area (Å²) >= 11 is 0. The Morgan fingerprint density at radius 3 is 2.78 bits per heavy atom. The molecule has 0 amide bonds. The van der Waals surface area contributed by atoms with E-state index in [9.17, 15) is 0 Å². The van der Waals surface area contributed by atoms with Crippen LogP contribution in [0, 0.1) is 6.92 Å². The number of nitrogens with two attached hydrogens (primary N) is 1. The van der Waals surface area contributed by atoms with E-state index in [1.807, 2.05) is 38.1 Å². The zero-order chi connectivity index (χ0) is 18.8. The van der Waals surface area contributed by atoms with Crippen molar-refractivity contribution in [2.24, 2.45) is 10.2 Å². The fraction of sp³-hybridized carbons (Fsp3) is 0.111. The van der Waals surface area contributed by atoms with Gasteiger partial charge in [0.1, 0.15) is 5.69 Å². The van der Waals surface area contributed by atoms with Crippen molar-refractivity contribution in [1.82, 2.24) is 25.3 Å². The van der Waals surface area contributed by atoms with Crippen LogP contribution in [0.1, 0.15) is 23.9 Å². The standard InChI is InChI=1S/C18H16N8O/c1-11(16-12(2)26(25-22-16)18-17(19)23-27-24-18)21-20-10-14-8-5-7-13-6-3-4-9-15(13)14/h3-10H,1-2H3,(H2,19,23). The van der Waals surface area contributed by atoms with Crippen molar-refractivity contribution in [1.29, 1.82) is 0 Å². The van der Waals surface area contributed by atoms with E-state index in [0.717, 1.165) is 16.3 Å². The number of hydrogen-bond donors (Lipinski definition) is 1. The first-order valence-corrected chi connectivity index (χ1v) is 8.21. The maximum absolute atomic E-state index is 5.71. The maximum atomic E-state index is 5.71. The van der Waals surface area contributed by atoms with Crippen molar-refractivity contribution < 1.29 is 4.63 Å². The predicted octanol–water partition coefficient (Wildman–Crippen LogP) is 2.54. The number of nitrogen functional groups attached to an aromatic ring is 1. The molecule has 0 fully saturated rings. The molecule has 2 aromatic carbocycles. The van der Waals surface area contributed by atoms with Crippen LogP contribution in [0.4, 0.5) is 5.82 Å². The molecule has 0 aliphatic rings. The Bertz CT molecular complexity index is 1170. The van der Waals surface area contributed by atoms with Crippen molar-refractivity contribution in [3.63, 3.8) is 0 Å². The second kappa shape index (κ2) is 6.79. The highest BCUT2D eigenvalue weighted by atomic mass is 16.6. The molecule has 0 bridgehead atoms. The van der Waals surface area contributed by atoms with Crippen LogP contribution in [0.5, 0.6) is 0 Å². The monoisotopic (exact) mass is 360 g/mol. The lowest BCUT2D eigenvalue weighted by atomic mass is 10.1. The summed E-state index contributed by atoms with van der Waals surface area (Å²) in [7, 11) is 0. The van der Waals surface area contributed by atoms with E-state index >= 15 is 0 Å². The van der Waals surface area contributed by atoms with Gasteiger partial charge >= 0.3 is 0 Å². The van der Waals surface area contributed by atoms with Crippen LogP contribution < -0.4 is 5.73 Å². The molecule has 134 valence electrons. The normalized spacial score (nSPS) is 12.3. The Hall–Kier alpha value is -3.88. The van der Waals surface area contributed by atoms with E-state index in [0.29, 0.717) is 22.9 Å². The van der Waals surface area contributed by atoms with Gasteiger partial charge in [-0.15, -0.1) is 5.10 Å². The number of nitrogens with zero attached hydrogens (tertiary/aromatic N) is 7. The smallest absolute Gasteiger partial charge is 0.243 e. The molecule has 9 heteroatoms. The van der Waals surface area contributed by atoms with Gasteiger partial charge in [-0.05, 0) is 34.9 Å². The van der Waals surface area contributed by atoms with Crippen molar-refractivity contribution in [2.75, 3.05) is 5.73 Å². The van der Waals surface area contributed by atoms with Gasteiger partial charge in [0.2, 0.25) is 11.6 Å². The molecule has 27 heavy (non-hydrogen) atoms. The van der Waals surface area contributed by atoms with Crippen molar-refractivity contribution >= 4 is 28.5 Å². The van der Waals surface area contributed by atoms with E-state index in [1.54, 1.807) is 6.21 Å². The second-order valence-corrected chi connectivity index (χ2v) is 5.91. The first-order valence-electron chi connectivity index (χ1n) is 8.21. The van der Waals surface area contributed by atoms with Crippen LogP contribution in [0.2, 0.25) is 0 Å². The molecule has 4 rings (SSSR count). The summed E-state index contributed by atoms with van der Waals surface area (Å²) in [6.07, 6.45) is 1.73. The van der Waals surface area contributed by atoms with Gasteiger partial charge in [-0.25, -0.2) is 4.63 Å². The summed E-state index contributed by atoms with van der Waals surface area (Å²) in [5, 5.41) is 26.2. The van der Waals surface area contributed by atoms with Crippen LogP contribution in [0.3, 0.4) is 0 Å². The molecule has 0 unspecified atom stereocenters. The summed E-state index contributed by atoms with van der Waals surface area (Å²) in [5.41, 5.74) is 8.61. The minimum Gasteiger partial charge on any atom is -0.378 e. The number of rotatable bonds is 4. The molecule has 2 aromatic heterocycles. The maximum Gasteiger partial charge on any atom is 0.243 e. The number of anilines is 1. The summed E-state index contributed by atoms with van der Waals surface area (Å²) < 4.78 is 6.06. The highest BCUT2D eigenvalue weighted by molar-refractivity contribution is 6.01. The van der Waals surface area contributed by atoms with E-state index in [2.05, 4.69) is 53.7 Å². The molecule has 0 saturated heterocycles. The van der Waals surface area contributed by atoms with Gasteiger partial charge < -0.3 is 5.73 Å². The fourth-order valence-electron chi connectivity index (χ4n) is 2.79. The molecule has 2 heterocycles. The summed E-state index contributed by atoms with van der Waals surface area (Å²) in [6, 6.07) is 14.2. The molecule has 9 nitrogen and oxygen atoms in total. The van der Waals surface area contributed by atoms with Crippen LogP contribution >= 0.6 is 0 Å². The molecule has 0 spiro atoms. The summed E-state index contributed by atoms with van der Waals surface area (Å²) in [4.78, 5) is 0. The van der Waals surface area contributed by atoms with Gasteiger partial charge in [0, 0.05) is 5.56 Å². The Balaban J connectivity index is 1.63. The van der Waals surface area contributed by atoms with Crippen LogP contribution in [-0.4, -0.2) is 37.2 Å².